The second-order valence-electron chi connectivity index (χ2n) is 5.52. The standard InChI is InChI=1S/C16H20N4O3/c1-4-10(2)14(16(22)23)19-15(21)12-5-6-13(11(3)7-12)20-9-17-8-18-20/h5-10,14H,4H2,1-3H3,(H,19,21)(H,22,23). The molecule has 0 aliphatic carbocycles. The average Bonchev–Trinajstić information content (AvgIpc) is 3.05. The van der Waals surface area contributed by atoms with Crippen molar-refractivity contribution < 1.29 is 14.7 Å². The number of aliphatic carboxylic acids is 1. The first-order valence-corrected chi connectivity index (χ1v) is 7.43. The predicted molar refractivity (Wildman–Crippen MR) is 84.4 cm³/mol. The highest BCUT2D eigenvalue weighted by atomic mass is 16.4. The van der Waals surface area contributed by atoms with Gasteiger partial charge >= 0.3 is 5.97 Å². The number of carboxylic acid groups (broad SMARTS) is 1. The third-order valence-electron chi connectivity index (χ3n) is 3.89. The number of nitrogens with zero attached hydrogens (tertiary/aromatic N) is 3. The molecular weight excluding hydrogens is 296 g/mol. The van der Waals surface area contributed by atoms with E-state index in [9.17, 15) is 14.7 Å². The zero-order chi connectivity index (χ0) is 17.0. The summed E-state index contributed by atoms with van der Waals surface area (Å²) in [5, 5.41) is 15.9. The SMILES string of the molecule is CCC(C)C(NC(=O)c1ccc(-n2cncn2)c(C)c1)C(=O)O. The summed E-state index contributed by atoms with van der Waals surface area (Å²) in [7, 11) is 0. The van der Waals surface area contributed by atoms with Gasteiger partial charge in [0, 0.05) is 5.56 Å². The molecule has 0 saturated heterocycles. The maximum atomic E-state index is 12.3. The van der Waals surface area contributed by atoms with Crippen LogP contribution < -0.4 is 5.32 Å². The van der Waals surface area contributed by atoms with E-state index >= 15 is 0 Å². The van der Waals surface area contributed by atoms with Crippen molar-refractivity contribution in [2.24, 2.45) is 5.92 Å². The Morgan fingerprint density at radius 2 is 2.13 bits per heavy atom. The second-order valence-corrected chi connectivity index (χ2v) is 5.52. The smallest absolute Gasteiger partial charge is 0.326 e. The first-order chi connectivity index (χ1) is 10.9. The molecule has 0 aliphatic rings. The fourth-order valence-corrected chi connectivity index (χ4v) is 2.29. The summed E-state index contributed by atoms with van der Waals surface area (Å²) >= 11 is 0. The molecule has 2 aromatic rings. The Hall–Kier alpha value is -2.70. The lowest BCUT2D eigenvalue weighted by molar-refractivity contribution is -0.140. The van der Waals surface area contributed by atoms with E-state index in [1.54, 1.807) is 36.1 Å². The van der Waals surface area contributed by atoms with Gasteiger partial charge in [-0.2, -0.15) is 5.10 Å². The Kier molecular flexibility index (Phi) is 5.10. The predicted octanol–water partition coefficient (Wildman–Crippen LogP) is 1.80. The van der Waals surface area contributed by atoms with E-state index in [-0.39, 0.29) is 5.92 Å². The fourth-order valence-electron chi connectivity index (χ4n) is 2.29. The highest BCUT2D eigenvalue weighted by Gasteiger charge is 2.25. The number of carboxylic acids is 1. The van der Waals surface area contributed by atoms with Crippen LogP contribution in [0.3, 0.4) is 0 Å². The molecule has 2 N–H and O–H groups in total. The van der Waals surface area contributed by atoms with E-state index in [2.05, 4.69) is 15.4 Å². The van der Waals surface area contributed by atoms with Gasteiger partial charge < -0.3 is 10.4 Å². The molecule has 2 atom stereocenters. The van der Waals surface area contributed by atoms with E-state index in [1.807, 2.05) is 13.8 Å². The zero-order valence-corrected chi connectivity index (χ0v) is 13.4. The lowest BCUT2D eigenvalue weighted by atomic mass is 9.98. The zero-order valence-electron chi connectivity index (χ0n) is 13.4. The molecule has 0 aliphatic heterocycles. The van der Waals surface area contributed by atoms with Gasteiger partial charge in [-0.25, -0.2) is 14.5 Å². The summed E-state index contributed by atoms with van der Waals surface area (Å²) < 4.78 is 1.61. The Morgan fingerprint density at radius 1 is 1.39 bits per heavy atom. The van der Waals surface area contributed by atoms with Crippen LogP contribution in [0.25, 0.3) is 5.69 Å². The summed E-state index contributed by atoms with van der Waals surface area (Å²) in [5.74, 6) is -1.57. The van der Waals surface area contributed by atoms with Crippen molar-refractivity contribution in [3.8, 4) is 5.69 Å². The number of nitrogens with one attached hydrogen (secondary N) is 1. The summed E-state index contributed by atoms with van der Waals surface area (Å²) in [4.78, 5) is 27.5. The van der Waals surface area contributed by atoms with Gasteiger partial charge in [0.25, 0.3) is 5.91 Å². The number of carbonyl (C=O) groups is 2. The van der Waals surface area contributed by atoms with Crippen molar-refractivity contribution >= 4 is 11.9 Å². The summed E-state index contributed by atoms with van der Waals surface area (Å²) in [5.41, 5.74) is 2.08. The van der Waals surface area contributed by atoms with Gasteiger partial charge in [-0.1, -0.05) is 20.3 Å². The number of benzene rings is 1. The molecule has 2 unspecified atom stereocenters. The quantitative estimate of drug-likeness (QED) is 0.847. The molecule has 1 heterocycles. The third kappa shape index (κ3) is 3.74. The molecule has 7 heteroatoms. The van der Waals surface area contributed by atoms with Crippen molar-refractivity contribution in [3.63, 3.8) is 0 Å². The summed E-state index contributed by atoms with van der Waals surface area (Å²) in [6.45, 7) is 5.55. The first-order valence-electron chi connectivity index (χ1n) is 7.43. The molecular formula is C16H20N4O3. The van der Waals surface area contributed by atoms with Gasteiger partial charge in [0.05, 0.1) is 5.69 Å². The number of aryl methyl sites for hydroxylation is 1. The Balaban J connectivity index is 2.20. The summed E-state index contributed by atoms with van der Waals surface area (Å²) in [6.07, 6.45) is 3.68. The lowest BCUT2D eigenvalue weighted by Crippen LogP contribution is -2.45. The molecule has 0 fully saturated rings. The maximum absolute atomic E-state index is 12.3. The topological polar surface area (TPSA) is 97.1 Å². The highest BCUT2D eigenvalue weighted by molar-refractivity contribution is 5.97. The van der Waals surface area contributed by atoms with Gasteiger partial charge in [0.2, 0.25) is 0 Å². The van der Waals surface area contributed by atoms with E-state index in [0.717, 1.165) is 11.3 Å². The normalized spacial score (nSPS) is 13.3. The van der Waals surface area contributed by atoms with E-state index < -0.39 is 17.9 Å². The van der Waals surface area contributed by atoms with Crippen LogP contribution >= 0.6 is 0 Å². The minimum atomic E-state index is -1.02. The number of hydrogen-bond acceptors (Lipinski definition) is 4. The Labute approximate surface area is 134 Å². The highest BCUT2D eigenvalue weighted by Crippen LogP contribution is 2.15. The van der Waals surface area contributed by atoms with Crippen molar-refractivity contribution in [2.75, 3.05) is 0 Å². The molecule has 23 heavy (non-hydrogen) atoms. The molecule has 7 nitrogen and oxygen atoms in total. The minimum Gasteiger partial charge on any atom is -0.480 e. The molecule has 0 saturated carbocycles. The van der Waals surface area contributed by atoms with Crippen LogP contribution in [-0.4, -0.2) is 37.8 Å². The number of amides is 1. The molecule has 0 radical (unpaired) electrons. The van der Waals surface area contributed by atoms with Crippen LogP contribution in [0.4, 0.5) is 0 Å². The monoisotopic (exact) mass is 316 g/mol. The summed E-state index contributed by atoms with van der Waals surface area (Å²) in [6, 6.07) is 4.22. The average molecular weight is 316 g/mol. The van der Waals surface area contributed by atoms with Gasteiger partial charge in [-0.3, -0.25) is 4.79 Å². The van der Waals surface area contributed by atoms with Crippen LogP contribution in [0.1, 0.15) is 36.2 Å². The fraction of sp³-hybridized carbons (Fsp3) is 0.375. The molecule has 1 aromatic heterocycles. The van der Waals surface area contributed by atoms with Crippen molar-refractivity contribution in [3.05, 3.63) is 42.0 Å². The maximum Gasteiger partial charge on any atom is 0.326 e. The number of rotatable bonds is 6. The number of aromatic nitrogens is 3. The van der Waals surface area contributed by atoms with Crippen LogP contribution in [0.15, 0.2) is 30.9 Å². The van der Waals surface area contributed by atoms with Crippen molar-refractivity contribution in [1.82, 2.24) is 20.1 Å². The minimum absolute atomic E-state index is 0.146. The van der Waals surface area contributed by atoms with E-state index in [4.69, 9.17) is 0 Å². The Bertz CT molecular complexity index is 697. The van der Waals surface area contributed by atoms with E-state index in [1.165, 1.54) is 6.33 Å². The molecule has 0 spiro atoms. The van der Waals surface area contributed by atoms with Crippen molar-refractivity contribution in [2.45, 2.75) is 33.2 Å². The van der Waals surface area contributed by atoms with E-state index in [0.29, 0.717) is 12.0 Å². The number of carbonyl (C=O) groups excluding carboxylic acids is 1. The number of hydrogen-bond donors (Lipinski definition) is 2. The first kappa shape index (κ1) is 16.7. The largest absolute Gasteiger partial charge is 0.480 e. The third-order valence-corrected chi connectivity index (χ3v) is 3.89. The molecule has 0 bridgehead atoms. The van der Waals surface area contributed by atoms with Crippen molar-refractivity contribution in [1.29, 1.82) is 0 Å². The molecule has 2 rings (SSSR count). The second kappa shape index (κ2) is 7.04. The molecule has 1 aromatic carbocycles. The lowest BCUT2D eigenvalue weighted by Gasteiger charge is -2.20. The van der Waals surface area contributed by atoms with Gasteiger partial charge in [0.1, 0.15) is 18.7 Å². The van der Waals surface area contributed by atoms with Gasteiger partial charge in [-0.15, -0.1) is 0 Å². The van der Waals surface area contributed by atoms with Crippen LogP contribution in [0.5, 0.6) is 0 Å². The van der Waals surface area contributed by atoms with Crippen LogP contribution in [-0.2, 0) is 4.79 Å². The molecule has 122 valence electrons. The molecule has 1 amide bonds. The van der Waals surface area contributed by atoms with Gasteiger partial charge in [0.15, 0.2) is 0 Å². The Morgan fingerprint density at radius 3 is 2.65 bits per heavy atom. The van der Waals surface area contributed by atoms with Crippen LogP contribution in [0.2, 0.25) is 0 Å². The van der Waals surface area contributed by atoms with Crippen LogP contribution in [0, 0.1) is 12.8 Å². The van der Waals surface area contributed by atoms with Gasteiger partial charge in [-0.05, 0) is 36.6 Å².